The number of carbonyl (C=O) groups is 1. The largest absolute Gasteiger partial charge is 0.465 e. The molecule has 0 heterocycles. The molecule has 2 aromatic carbocycles. The fourth-order valence-electron chi connectivity index (χ4n) is 3.34. The molecule has 0 aromatic heterocycles. The van der Waals surface area contributed by atoms with Gasteiger partial charge in [0.2, 0.25) is 6.29 Å². The number of methoxy groups -OCH3 is 1. The van der Waals surface area contributed by atoms with E-state index >= 15 is 0 Å². The molecular weight excluding hydrogens is 368 g/mol. The molecule has 0 aliphatic heterocycles. The maximum absolute atomic E-state index is 11.7. The number of aliphatic hydroxyl groups is 5. The van der Waals surface area contributed by atoms with Gasteiger partial charge in [-0.3, -0.25) is 0 Å². The van der Waals surface area contributed by atoms with E-state index in [9.17, 15) is 30.3 Å². The molecule has 150 valence electrons. The van der Waals surface area contributed by atoms with Crippen molar-refractivity contribution in [3.8, 4) is 16.9 Å². The molecule has 0 spiro atoms. The summed E-state index contributed by atoms with van der Waals surface area (Å²) in [7, 11) is 1.31. The molecule has 5 unspecified atom stereocenters. The predicted molar refractivity (Wildman–Crippen MR) is 97.4 cm³/mol. The van der Waals surface area contributed by atoms with Crippen LogP contribution in [0.3, 0.4) is 0 Å². The lowest BCUT2D eigenvalue weighted by Crippen LogP contribution is -2.76. The molecule has 28 heavy (non-hydrogen) atoms. The van der Waals surface area contributed by atoms with Gasteiger partial charge in [0, 0.05) is 5.92 Å². The van der Waals surface area contributed by atoms with E-state index in [1.54, 1.807) is 42.5 Å². The number of esters is 1. The molecule has 1 saturated carbocycles. The smallest absolute Gasteiger partial charge is 0.337 e. The third-order valence-electron chi connectivity index (χ3n) is 5.11. The number of carbonyl (C=O) groups excluding carboxylic acids is 1. The van der Waals surface area contributed by atoms with E-state index in [1.807, 2.05) is 6.07 Å². The van der Waals surface area contributed by atoms with Gasteiger partial charge in [0.1, 0.15) is 11.9 Å². The number of hydrogen-bond acceptors (Lipinski definition) is 8. The highest BCUT2D eigenvalue weighted by Gasteiger charge is 2.65. The van der Waals surface area contributed by atoms with Crippen LogP contribution in [0.4, 0.5) is 0 Å². The Kier molecular flexibility index (Phi) is 5.69. The molecule has 0 amide bonds. The Bertz CT molecular complexity index is 836. The highest BCUT2D eigenvalue weighted by atomic mass is 16.6. The van der Waals surface area contributed by atoms with Crippen molar-refractivity contribution >= 4 is 5.97 Å². The first kappa shape index (κ1) is 20.2. The molecule has 1 aliphatic carbocycles. The predicted octanol–water partition coefficient (Wildman–Crippen LogP) is -0.0876. The third kappa shape index (κ3) is 3.36. The maximum Gasteiger partial charge on any atom is 0.337 e. The average Bonchev–Trinajstić information content (AvgIpc) is 2.73. The van der Waals surface area contributed by atoms with Crippen LogP contribution in [-0.4, -0.2) is 69.3 Å². The summed E-state index contributed by atoms with van der Waals surface area (Å²) < 4.78 is 10.00. The van der Waals surface area contributed by atoms with Gasteiger partial charge in [-0.05, 0) is 35.4 Å². The van der Waals surface area contributed by atoms with Crippen LogP contribution in [0, 0.1) is 5.92 Å². The monoisotopic (exact) mass is 390 g/mol. The second kappa shape index (κ2) is 7.86. The van der Waals surface area contributed by atoms with Gasteiger partial charge in [-0.15, -0.1) is 0 Å². The highest BCUT2D eigenvalue weighted by molar-refractivity contribution is 5.90. The van der Waals surface area contributed by atoms with Crippen molar-refractivity contribution in [2.75, 3.05) is 13.7 Å². The van der Waals surface area contributed by atoms with Crippen LogP contribution in [0.1, 0.15) is 10.4 Å². The zero-order valence-electron chi connectivity index (χ0n) is 15.1. The van der Waals surface area contributed by atoms with Crippen LogP contribution < -0.4 is 4.74 Å². The van der Waals surface area contributed by atoms with Gasteiger partial charge in [-0.25, -0.2) is 4.79 Å². The number of hydrogen-bond donors (Lipinski definition) is 5. The van der Waals surface area contributed by atoms with Crippen LogP contribution in [0.15, 0.2) is 48.5 Å². The van der Waals surface area contributed by atoms with Crippen LogP contribution in [0.5, 0.6) is 5.75 Å². The van der Waals surface area contributed by atoms with E-state index in [4.69, 9.17) is 9.47 Å². The fourth-order valence-corrected chi connectivity index (χ4v) is 3.34. The van der Waals surface area contributed by atoms with Gasteiger partial charge in [0.05, 0.1) is 25.4 Å². The van der Waals surface area contributed by atoms with Crippen molar-refractivity contribution < 1.29 is 39.8 Å². The maximum atomic E-state index is 11.7. The zero-order chi connectivity index (χ0) is 20.5. The summed E-state index contributed by atoms with van der Waals surface area (Å²) in [6.07, 6.45) is -4.84. The van der Waals surface area contributed by atoms with E-state index < -0.39 is 42.6 Å². The molecule has 0 saturated heterocycles. The van der Waals surface area contributed by atoms with Crippen molar-refractivity contribution in [2.24, 2.45) is 5.92 Å². The molecule has 3 rings (SSSR count). The van der Waals surface area contributed by atoms with Gasteiger partial charge < -0.3 is 35.0 Å². The third-order valence-corrected chi connectivity index (χ3v) is 5.11. The van der Waals surface area contributed by atoms with E-state index in [2.05, 4.69) is 0 Å². The molecule has 0 radical (unpaired) electrons. The number of aliphatic hydroxyl groups excluding tert-OH is 4. The number of ether oxygens (including phenoxy) is 2. The van der Waals surface area contributed by atoms with Crippen molar-refractivity contribution in [2.45, 2.75) is 24.1 Å². The lowest BCUT2D eigenvalue weighted by Gasteiger charge is -2.53. The number of rotatable bonds is 6. The molecule has 0 bridgehead atoms. The summed E-state index contributed by atoms with van der Waals surface area (Å²) in [4.78, 5) is 11.7. The van der Waals surface area contributed by atoms with Crippen molar-refractivity contribution in [3.63, 3.8) is 0 Å². The molecule has 8 nitrogen and oxygen atoms in total. The van der Waals surface area contributed by atoms with Crippen LogP contribution in [-0.2, 0) is 4.74 Å². The van der Waals surface area contributed by atoms with E-state index in [0.29, 0.717) is 5.56 Å². The van der Waals surface area contributed by atoms with Crippen molar-refractivity contribution in [3.05, 3.63) is 54.1 Å². The Hall–Kier alpha value is -2.49. The topological polar surface area (TPSA) is 137 Å². The minimum Gasteiger partial charge on any atom is -0.465 e. The van der Waals surface area contributed by atoms with Crippen LogP contribution in [0.2, 0.25) is 0 Å². The fraction of sp³-hybridized carbons (Fsp3) is 0.350. The van der Waals surface area contributed by atoms with Crippen LogP contribution in [0.25, 0.3) is 11.1 Å². The Balaban J connectivity index is 1.74. The Morgan fingerprint density at radius 1 is 1.14 bits per heavy atom. The van der Waals surface area contributed by atoms with Crippen LogP contribution >= 0.6 is 0 Å². The summed E-state index contributed by atoms with van der Waals surface area (Å²) in [5.41, 5.74) is -0.225. The Labute approximate surface area is 161 Å². The van der Waals surface area contributed by atoms with Gasteiger partial charge in [-0.2, -0.15) is 0 Å². The minimum atomic E-state index is -2.18. The van der Waals surface area contributed by atoms with E-state index in [-0.39, 0.29) is 5.75 Å². The van der Waals surface area contributed by atoms with Crippen molar-refractivity contribution in [1.29, 1.82) is 0 Å². The summed E-state index contributed by atoms with van der Waals surface area (Å²) in [5, 5.41) is 49.2. The molecular formula is C20H22O8. The molecule has 5 N–H and O–H groups in total. The second-order valence-electron chi connectivity index (χ2n) is 6.68. The van der Waals surface area contributed by atoms with Gasteiger partial charge in [-0.1, -0.05) is 24.3 Å². The zero-order valence-corrected chi connectivity index (χ0v) is 15.1. The first-order valence-corrected chi connectivity index (χ1v) is 8.65. The lowest BCUT2D eigenvalue weighted by atomic mass is 9.64. The SMILES string of the molecule is COC(=O)c1cccc(-c2ccc(OC(O)C3(O)C(O)C(O)C3CO)cc2)c1. The number of benzene rings is 2. The molecule has 2 aromatic rings. The molecule has 1 aliphatic rings. The highest BCUT2D eigenvalue weighted by Crippen LogP contribution is 2.42. The molecule has 8 heteroatoms. The molecule has 1 fully saturated rings. The van der Waals surface area contributed by atoms with E-state index in [0.717, 1.165) is 11.1 Å². The van der Waals surface area contributed by atoms with Crippen molar-refractivity contribution in [1.82, 2.24) is 0 Å². The standard InChI is InChI=1S/C20H22O8/c1-27-18(24)13-4-2-3-12(9-13)11-5-7-14(8-6-11)28-19(25)20(26)15(10-21)16(22)17(20)23/h2-9,15-17,19,21-23,25-26H,10H2,1H3. The quantitative estimate of drug-likeness (QED) is 0.341. The normalized spacial score (nSPS) is 27.6. The average molecular weight is 390 g/mol. The summed E-state index contributed by atoms with van der Waals surface area (Å²) in [6.45, 7) is -0.620. The summed E-state index contributed by atoms with van der Waals surface area (Å²) in [6, 6.07) is 13.3. The first-order valence-electron chi connectivity index (χ1n) is 8.65. The minimum absolute atomic E-state index is 0.207. The summed E-state index contributed by atoms with van der Waals surface area (Å²) in [5.74, 6) is -1.37. The first-order chi connectivity index (χ1) is 13.3. The summed E-state index contributed by atoms with van der Waals surface area (Å²) >= 11 is 0. The van der Waals surface area contributed by atoms with Gasteiger partial charge in [0.25, 0.3) is 0 Å². The second-order valence-corrected chi connectivity index (χ2v) is 6.68. The Morgan fingerprint density at radius 3 is 2.43 bits per heavy atom. The Morgan fingerprint density at radius 2 is 1.82 bits per heavy atom. The molecule has 5 atom stereocenters. The van der Waals surface area contributed by atoms with E-state index in [1.165, 1.54) is 7.11 Å². The van der Waals surface area contributed by atoms with Gasteiger partial charge in [0.15, 0.2) is 5.60 Å². The van der Waals surface area contributed by atoms with Gasteiger partial charge >= 0.3 is 5.97 Å². The lowest BCUT2D eigenvalue weighted by molar-refractivity contribution is -0.332.